The van der Waals surface area contributed by atoms with Crippen LogP contribution in [0, 0.1) is 11.3 Å². The van der Waals surface area contributed by atoms with Crippen molar-refractivity contribution in [2.45, 2.75) is 44.9 Å². The summed E-state index contributed by atoms with van der Waals surface area (Å²) >= 11 is 0. The predicted molar refractivity (Wildman–Crippen MR) is 74.3 cm³/mol. The summed E-state index contributed by atoms with van der Waals surface area (Å²) in [5.74, 6) is -0.691. The number of nitrogens with zero attached hydrogens (tertiary/aromatic N) is 1. The first-order valence-electron chi connectivity index (χ1n) is 7.11. The van der Waals surface area contributed by atoms with Gasteiger partial charge in [0.05, 0.1) is 6.04 Å². The number of allylic oxidation sites excluding steroid dienone is 4. The fourth-order valence-corrected chi connectivity index (χ4v) is 3.46. The van der Waals surface area contributed by atoms with Crippen LogP contribution < -0.4 is 5.73 Å². The number of alkyl halides is 3. The Balaban J connectivity index is 2.26. The number of nitrogens with two attached hydrogens (primary N) is 1. The molecule has 0 saturated carbocycles. The number of rotatable bonds is 2. The van der Waals surface area contributed by atoms with Crippen LogP contribution in [0.15, 0.2) is 24.3 Å². The highest BCUT2D eigenvalue weighted by molar-refractivity contribution is 5.83. The van der Waals surface area contributed by atoms with E-state index in [0.29, 0.717) is 6.42 Å². The zero-order chi connectivity index (χ0) is 15.8. The van der Waals surface area contributed by atoms with E-state index in [1.165, 1.54) is 0 Å². The standard InChI is InChI=1S/C15H21F3N2O/c1-10-11(14(2)6-4-3-5-7-14)8-12(19)13(21)20(10)9-15(16,17)18/h3-6,10-12H,7-9,19H2,1-2H3. The minimum absolute atomic E-state index is 0.0891. The Morgan fingerprint density at radius 3 is 2.62 bits per heavy atom. The Morgan fingerprint density at radius 2 is 2.10 bits per heavy atom. The van der Waals surface area contributed by atoms with E-state index in [1.807, 2.05) is 31.2 Å². The summed E-state index contributed by atoms with van der Waals surface area (Å²) < 4.78 is 38.2. The SMILES string of the molecule is CC1C(C2(C)C=CC=CC2)CC(N)C(=O)N1CC(F)(F)F. The van der Waals surface area contributed by atoms with Gasteiger partial charge in [-0.3, -0.25) is 4.79 Å². The van der Waals surface area contributed by atoms with Crippen LogP contribution in [-0.2, 0) is 4.79 Å². The molecule has 1 saturated heterocycles. The molecule has 1 aliphatic carbocycles. The third-order valence-corrected chi connectivity index (χ3v) is 4.66. The summed E-state index contributed by atoms with van der Waals surface area (Å²) in [7, 11) is 0. The molecule has 0 spiro atoms. The van der Waals surface area contributed by atoms with Crippen LogP contribution >= 0.6 is 0 Å². The maximum absolute atomic E-state index is 12.7. The average molecular weight is 302 g/mol. The quantitative estimate of drug-likeness (QED) is 0.852. The fraction of sp³-hybridized carbons (Fsp3) is 0.667. The van der Waals surface area contributed by atoms with Gasteiger partial charge in [-0.1, -0.05) is 31.2 Å². The van der Waals surface area contributed by atoms with E-state index in [2.05, 4.69) is 0 Å². The molecule has 2 rings (SSSR count). The van der Waals surface area contributed by atoms with Gasteiger partial charge in [0, 0.05) is 6.04 Å². The number of likely N-dealkylation sites (tertiary alicyclic amines) is 1. The lowest BCUT2D eigenvalue weighted by molar-refractivity contribution is -0.174. The molecule has 1 aliphatic heterocycles. The summed E-state index contributed by atoms with van der Waals surface area (Å²) in [6, 6.07) is -1.34. The molecule has 2 aliphatic rings. The van der Waals surface area contributed by atoms with Gasteiger partial charge in [-0.05, 0) is 31.1 Å². The molecule has 1 fully saturated rings. The maximum atomic E-state index is 12.7. The van der Waals surface area contributed by atoms with Gasteiger partial charge in [-0.2, -0.15) is 13.2 Å². The highest BCUT2D eigenvalue weighted by Gasteiger charge is 2.48. The van der Waals surface area contributed by atoms with Gasteiger partial charge in [0.25, 0.3) is 0 Å². The van der Waals surface area contributed by atoms with Crippen molar-refractivity contribution in [2.75, 3.05) is 6.54 Å². The average Bonchev–Trinajstić information content (AvgIpc) is 2.38. The molecule has 0 bridgehead atoms. The summed E-state index contributed by atoms with van der Waals surface area (Å²) in [6.07, 6.45) is 4.61. The Bertz CT molecular complexity index is 472. The van der Waals surface area contributed by atoms with E-state index in [9.17, 15) is 18.0 Å². The predicted octanol–water partition coefficient (Wildman–Crippen LogP) is 2.64. The topological polar surface area (TPSA) is 46.3 Å². The van der Waals surface area contributed by atoms with Gasteiger partial charge >= 0.3 is 6.18 Å². The van der Waals surface area contributed by atoms with Crippen LogP contribution in [0.5, 0.6) is 0 Å². The van der Waals surface area contributed by atoms with E-state index >= 15 is 0 Å². The van der Waals surface area contributed by atoms with E-state index in [4.69, 9.17) is 5.73 Å². The first-order chi connectivity index (χ1) is 9.64. The molecule has 6 heteroatoms. The lowest BCUT2D eigenvalue weighted by Crippen LogP contribution is -2.61. The van der Waals surface area contributed by atoms with E-state index < -0.39 is 30.7 Å². The molecule has 3 nitrogen and oxygen atoms in total. The zero-order valence-corrected chi connectivity index (χ0v) is 12.2. The van der Waals surface area contributed by atoms with Gasteiger partial charge in [-0.15, -0.1) is 0 Å². The Hall–Kier alpha value is -1.30. The number of carbonyl (C=O) groups excluding carboxylic acids is 1. The molecule has 0 radical (unpaired) electrons. The van der Waals surface area contributed by atoms with E-state index in [-0.39, 0.29) is 11.3 Å². The second kappa shape index (κ2) is 5.48. The third-order valence-electron chi connectivity index (χ3n) is 4.66. The number of hydrogen-bond donors (Lipinski definition) is 1. The van der Waals surface area contributed by atoms with Crippen molar-refractivity contribution in [3.05, 3.63) is 24.3 Å². The van der Waals surface area contributed by atoms with Crippen molar-refractivity contribution in [3.63, 3.8) is 0 Å². The highest BCUT2D eigenvalue weighted by Crippen LogP contribution is 2.44. The van der Waals surface area contributed by atoms with Gasteiger partial charge < -0.3 is 10.6 Å². The van der Waals surface area contributed by atoms with Crippen molar-refractivity contribution in [1.29, 1.82) is 0 Å². The number of amides is 1. The first kappa shape index (κ1) is 16.1. The number of halogens is 3. The molecule has 0 aromatic rings. The lowest BCUT2D eigenvalue weighted by Gasteiger charge is -2.49. The van der Waals surface area contributed by atoms with Crippen LogP contribution in [0.25, 0.3) is 0 Å². The Morgan fingerprint density at radius 1 is 1.43 bits per heavy atom. The van der Waals surface area contributed by atoms with Crippen molar-refractivity contribution in [1.82, 2.24) is 4.90 Å². The molecule has 4 unspecified atom stereocenters. The molecule has 4 atom stereocenters. The highest BCUT2D eigenvalue weighted by atomic mass is 19.4. The third kappa shape index (κ3) is 3.31. The van der Waals surface area contributed by atoms with Crippen LogP contribution in [0.1, 0.15) is 26.7 Å². The smallest absolute Gasteiger partial charge is 0.329 e. The van der Waals surface area contributed by atoms with Crippen LogP contribution in [0.4, 0.5) is 13.2 Å². The number of hydrogen-bond acceptors (Lipinski definition) is 2. The van der Waals surface area contributed by atoms with Crippen LogP contribution in [0.3, 0.4) is 0 Å². The van der Waals surface area contributed by atoms with Gasteiger partial charge in [-0.25, -0.2) is 0 Å². The zero-order valence-electron chi connectivity index (χ0n) is 12.2. The molecule has 118 valence electrons. The molecule has 2 N–H and O–H groups in total. The van der Waals surface area contributed by atoms with Crippen molar-refractivity contribution in [3.8, 4) is 0 Å². The largest absolute Gasteiger partial charge is 0.406 e. The second-order valence-electron chi connectivity index (χ2n) is 6.27. The molecule has 1 heterocycles. The first-order valence-corrected chi connectivity index (χ1v) is 7.11. The minimum Gasteiger partial charge on any atom is -0.329 e. The second-order valence-corrected chi connectivity index (χ2v) is 6.27. The molecule has 21 heavy (non-hydrogen) atoms. The molecule has 0 aromatic heterocycles. The maximum Gasteiger partial charge on any atom is 0.406 e. The minimum atomic E-state index is -4.41. The monoisotopic (exact) mass is 302 g/mol. The van der Waals surface area contributed by atoms with Crippen LogP contribution in [0.2, 0.25) is 0 Å². The normalized spacial score (nSPS) is 37.1. The lowest BCUT2D eigenvalue weighted by atomic mass is 9.65. The summed E-state index contributed by atoms with van der Waals surface area (Å²) in [5.41, 5.74) is 5.54. The van der Waals surface area contributed by atoms with E-state index in [1.54, 1.807) is 6.92 Å². The number of piperidine rings is 1. The van der Waals surface area contributed by atoms with Gasteiger partial charge in [0.2, 0.25) is 5.91 Å². The molecular weight excluding hydrogens is 281 g/mol. The molecule has 0 aromatic carbocycles. The summed E-state index contributed by atoms with van der Waals surface area (Å²) in [4.78, 5) is 12.9. The molecule has 1 amide bonds. The van der Waals surface area contributed by atoms with E-state index in [0.717, 1.165) is 11.3 Å². The Kier molecular flexibility index (Phi) is 4.19. The van der Waals surface area contributed by atoms with Crippen molar-refractivity contribution < 1.29 is 18.0 Å². The van der Waals surface area contributed by atoms with Gasteiger partial charge in [0.1, 0.15) is 6.54 Å². The summed E-state index contributed by atoms with van der Waals surface area (Å²) in [5, 5.41) is 0. The Labute approximate surface area is 122 Å². The fourth-order valence-electron chi connectivity index (χ4n) is 3.46. The molecular formula is C15H21F3N2O. The number of carbonyl (C=O) groups is 1. The summed E-state index contributed by atoms with van der Waals surface area (Å²) in [6.45, 7) is 2.48. The van der Waals surface area contributed by atoms with Crippen LogP contribution in [-0.4, -0.2) is 35.6 Å². The van der Waals surface area contributed by atoms with Crippen molar-refractivity contribution >= 4 is 5.91 Å². The van der Waals surface area contributed by atoms with Crippen molar-refractivity contribution in [2.24, 2.45) is 17.1 Å². The van der Waals surface area contributed by atoms with Gasteiger partial charge in [0.15, 0.2) is 0 Å².